The highest BCUT2D eigenvalue weighted by atomic mass is 16.5. The summed E-state index contributed by atoms with van der Waals surface area (Å²) in [6.45, 7) is 2.93. The molecule has 0 atom stereocenters. The Hall–Kier alpha value is -1.26. The van der Waals surface area contributed by atoms with Gasteiger partial charge in [0.05, 0.1) is 26.4 Å². The van der Waals surface area contributed by atoms with E-state index >= 15 is 0 Å². The molecule has 1 N–H and O–H groups in total. The number of hydrogen-bond acceptors (Lipinski definition) is 4. The van der Waals surface area contributed by atoms with E-state index in [0.717, 1.165) is 24.3 Å². The van der Waals surface area contributed by atoms with Gasteiger partial charge >= 0.3 is 0 Å². The summed E-state index contributed by atoms with van der Waals surface area (Å²) in [5.41, 5.74) is 1.13. The SMILES string of the molecule is OCCC1(c2ccc3c(c2)OCCCO3)COC1. The van der Waals surface area contributed by atoms with Gasteiger partial charge in [0.1, 0.15) is 0 Å². The number of aliphatic hydroxyl groups excluding tert-OH is 1. The molecule has 18 heavy (non-hydrogen) atoms. The largest absolute Gasteiger partial charge is 0.490 e. The number of ether oxygens (including phenoxy) is 3. The molecule has 1 fully saturated rings. The average Bonchev–Trinajstić information content (AvgIpc) is 2.58. The van der Waals surface area contributed by atoms with Crippen molar-refractivity contribution >= 4 is 0 Å². The number of rotatable bonds is 3. The second-order valence-corrected chi connectivity index (χ2v) is 4.96. The number of aliphatic hydroxyl groups is 1. The Labute approximate surface area is 106 Å². The van der Waals surface area contributed by atoms with Crippen molar-refractivity contribution in [3.05, 3.63) is 23.8 Å². The molecule has 3 rings (SSSR count). The van der Waals surface area contributed by atoms with Gasteiger partial charge in [0.25, 0.3) is 0 Å². The first-order valence-electron chi connectivity index (χ1n) is 6.43. The van der Waals surface area contributed by atoms with E-state index in [-0.39, 0.29) is 12.0 Å². The summed E-state index contributed by atoms with van der Waals surface area (Å²) in [6.07, 6.45) is 1.64. The van der Waals surface area contributed by atoms with E-state index in [1.807, 2.05) is 12.1 Å². The third-order valence-corrected chi connectivity index (χ3v) is 3.71. The Kier molecular flexibility index (Phi) is 3.14. The predicted octanol–water partition coefficient (Wildman–Crippen LogP) is 1.50. The zero-order chi connectivity index (χ0) is 12.4. The molecule has 0 aliphatic carbocycles. The van der Waals surface area contributed by atoms with Gasteiger partial charge in [-0.05, 0) is 24.1 Å². The smallest absolute Gasteiger partial charge is 0.161 e. The Bertz CT molecular complexity index is 426. The van der Waals surface area contributed by atoms with E-state index in [2.05, 4.69) is 6.07 Å². The lowest BCUT2D eigenvalue weighted by atomic mass is 9.76. The molecule has 1 aromatic carbocycles. The lowest BCUT2D eigenvalue weighted by Crippen LogP contribution is -2.47. The van der Waals surface area contributed by atoms with E-state index in [1.165, 1.54) is 5.56 Å². The summed E-state index contributed by atoms with van der Waals surface area (Å²) in [7, 11) is 0. The van der Waals surface area contributed by atoms with Crippen molar-refractivity contribution in [3.8, 4) is 11.5 Å². The quantitative estimate of drug-likeness (QED) is 0.883. The fraction of sp³-hybridized carbons (Fsp3) is 0.571. The highest BCUT2D eigenvalue weighted by molar-refractivity contribution is 5.46. The summed E-state index contributed by atoms with van der Waals surface area (Å²) in [5.74, 6) is 1.63. The molecule has 1 saturated heterocycles. The summed E-state index contributed by atoms with van der Waals surface area (Å²) in [5, 5.41) is 9.20. The van der Waals surface area contributed by atoms with Crippen LogP contribution in [0.4, 0.5) is 0 Å². The van der Waals surface area contributed by atoms with Crippen molar-refractivity contribution in [2.75, 3.05) is 33.0 Å². The summed E-state index contributed by atoms with van der Waals surface area (Å²) >= 11 is 0. The minimum Gasteiger partial charge on any atom is -0.490 e. The highest BCUT2D eigenvalue weighted by Crippen LogP contribution is 2.40. The van der Waals surface area contributed by atoms with Gasteiger partial charge in [0.2, 0.25) is 0 Å². The van der Waals surface area contributed by atoms with E-state index < -0.39 is 0 Å². The number of hydrogen-bond donors (Lipinski definition) is 1. The standard InChI is InChI=1S/C14H18O4/c15-5-4-14(9-16-10-14)11-2-3-12-13(8-11)18-7-1-6-17-12/h2-3,8,15H,1,4-7,9-10H2. The molecule has 0 unspecified atom stereocenters. The zero-order valence-corrected chi connectivity index (χ0v) is 10.4. The van der Waals surface area contributed by atoms with Gasteiger partial charge in [-0.3, -0.25) is 0 Å². The maximum Gasteiger partial charge on any atom is 0.161 e. The minimum atomic E-state index is -0.0422. The first-order chi connectivity index (χ1) is 8.84. The molecule has 2 heterocycles. The van der Waals surface area contributed by atoms with Crippen LogP contribution in [-0.2, 0) is 10.2 Å². The molecular formula is C14H18O4. The lowest BCUT2D eigenvalue weighted by Gasteiger charge is -2.41. The van der Waals surface area contributed by atoms with Crippen LogP contribution in [0.2, 0.25) is 0 Å². The van der Waals surface area contributed by atoms with Gasteiger partial charge in [0, 0.05) is 18.4 Å². The molecule has 4 nitrogen and oxygen atoms in total. The summed E-state index contributed by atoms with van der Waals surface area (Å²) < 4.78 is 16.7. The van der Waals surface area contributed by atoms with Crippen LogP contribution in [0.5, 0.6) is 11.5 Å². The fourth-order valence-electron chi connectivity index (χ4n) is 2.51. The Morgan fingerprint density at radius 3 is 2.56 bits per heavy atom. The predicted molar refractivity (Wildman–Crippen MR) is 66.2 cm³/mol. The second kappa shape index (κ2) is 4.78. The fourth-order valence-corrected chi connectivity index (χ4v) is 2.51. The first-order valence-corrected chi connectivity index (χ1v) is 6.43. The monoisotopic (exact) mass is 250 g/mol. The number of benzene rings is 1. The molecule has 1 aromatic rings. The molecule has 98 valence electrons. The molecule has 0 amide bonds. The number of fused-ring (bicyclic) bond motifs is 1. The third kappa shape index (κ3) is 1.95. The van der Waals surface area contributed by atoms with Gasteiger partial charge in [-0.2, -0.15) is 0 Å². The summed E-state index contributed by atoms with van der Waals surface area (Å²) in [6, 6.07) is 6.07. The van der Waals surface area contributed by atoms with E-state index in [1.54, 1.807) is 0 Å². The molecule has 0 bridgehead atoms. The van der Waals surface area contributed by atoms with Crippen LogP contribution >= 0.6 is 0 Å². The third-order valence-electron chi connectivity index (χ3n) is 3.71. The molecule has 0 aromatic heterocycles. The van der Waals surface area contributed by atoms with Crippen molar-refractivity contribution in [1.82, 2.24) is 0 Å². The van der Waals surface area contributed by atoms with Gasteiger partial charge in [-0.25, -0.2) is 0 Å². The van der Waals surface area contributed by atoms with Gasteiger partial charge < -0.3 is 19.3 Å². The molecule has 4 heteroatoms. The first kappa shape index (κ1) is 11.8. The highest BCUT2D eigenvalue weighted by Gasteiger charge is 2.40. The molecule has 0 spiro atoms. The van der Waals surface area contributed by atoms with Crippen molar-refractivity contribution in [2.24, 2.45) is 0 Å². The van der Waals surface area contributed by atoms with Gasteiger partial charge in [0.15, 0.2) is 11.5 Å². The molecule has 0 saturated carbocycles. The van der Waals surface area contributed by atoms with Crippen LogP contribution in [0.15, 0.2) is 18.2 Å². The van der Waals surface area contributed by atoms with Crippen LogP contribution in [0.1, 0.15) is 18.4 Å². The van der Waals surface area contributed by atoms with Crippen LogP contribution in [0.3, 0.4) is 0 Å². The lowest BCUT2D eigenvalue weighted by molar-refractivity contribution is -0.0701. The van der Waals surface area contributed by atoms with Crippen molar-refractivity contribution in [1.29, 1.82) is 0 Å². The van der Waals surface area contributed by atoms with E-state index in [9.17, 15) is 5.11 Å². The molecule has 0 radical (unpaired) electrons. The van der Waals surface area contributed by atoms with Crippen LogP contribution < -0.4 is 9.47 Å². The van der Waals surface area contributed by atoms with Crippen molar-refractivity contribution in [3.63, 3.8) is 0 Å². The van der Waals surface area contributed by atoms with Crippen LogP contribution in [0, 0.1) is 0 Å². The normalized spacial score (nSPS) is 20.9. The van der Waals surface area contributed by atoms with Crippen LogP contribution in [0.25, 0.3) is 0 Å². The van der Waals surface area contributed by atoms with Gasteiger partial charge in [-0.1, -0.05) is 6.07 Å². The molecule has 2 aliphatic heterocycles. The Balaban J connectivity index is 1.91. The zero-order valence-electron chi connectivity index (χ0n) is 10.4. The Morgan fingerprint density at radius 1 is 1.11 bits per heavy atom. The molecular weight excluding hydrogens is 232 g/mol. The van der Waals surface area contributed by atoms with Crippen molar-refractivity contribution in [2.45, 2.75) is 18.3 Å². The van der Waals surface area contributed by atoms with Crippen molar-refractivity contribution < 1.29 is 19.3 Å². The second-order valence-electron chi connectivity index (χ2n) is 4.96. The topological polar surface area (TPSA) is 47.9 Å². The van der Waals surface area contributed by atoms with Crippen LogP contribution in [-0.4, -0.2) is 38.1 Å². The Morgan fingerprint density at radius 2 is 1.89 bits per heavy atom. The van der Waals surface area contributed by atoms with E-state index in [0.29, 0.717) is 26.4 Å². The van der Waals surface area contributed by atoms with E-state index in [4.69, 9.17) is 14.2 Å². The minimum absolute atomic E-state index is 0.0422. The maximum absolute atomic E-state index is 9.20. The molecule has 2 aliphatic rings. The maximum atomic E-state index is 9.20. The average molecular weight is 250 g/mol. The summed E-state index contributed by atoms with van der Waals surface area (Å²) in [4.78, 5) is 0. The van der Waals surface area contributed by atoms with Gasteiger partial charge in [-0.15, -0.1) is 0 Å².